The first-order valence-corrected chi connectivity index (χ1v) is 7.36. The zero-order chi connectivity index (χ0) is 13.9. The van der Waals surface area contributed by atoms with E-state index < -0.39 is 0 Å². The lowest BCUT2D eigenvalue weighted by molar-refractivity contribution is 0.254. The van der Waals surface area contributed by atoms with Crippen LogP contribution in [0.3, 0.4) is 0 Å². The summed E-state index contributed by atoms with van der Waals surface area (Å²) in [7, 11) is 0. The molecule has 2 aromatic rings. The highest BCUT2D eigenvalue weighted by Crippen LogP contribution is 2.33. The molecule has 0 spiro atoms. The summed E-state index contributed by atoms with van der Waals surface area (Å²) in [6, 6.07) is 15.2. The Balaban J connectivity index is 1.95. The monoisotopic (exact) mass is 267 g/mol. The van der Waals surface area contributed by atoms with Gasteiger partial charge in [-0.15, -0.1) is 0 Å². The SMILES string of the molecule is CCNCc1ccccc1-c1ccc2c(c1)CC(C)O2. The molecule has 1 aliphatic rings. The van der Waals surface area contributed by atoms with Gasteiger partial charge in [0.25, 0.3) is 0 Å². The summed E-state index contributed by atoms with van der Waals surface area (Å²) in [5.41, 5.74) is 5.28. The minimum Gasteiger partial charge on any atom is -0.490 e. The maximum Gasteiger partial charge on any atom is 0.123 e. The van der Waals surface area contributed by atoms with Crippen LogP contribution in [0.5, 0.6) is 5.75 Å². The molecule has 2 nitrogen and oxygen atoms in total. The third kappa shape index (κ3) is 2.56. The van der Waals surface area contributed by atoms with Crippen molar-refractivity contribution in [2.75, 3.05) is 6.54 Å². The molecule has 0 aliphatic carbocycles. The maximum absolute atomic E-state index is 5.78. The first-order valence-electron chi connectivity index (χ1n) is 7.36. The van der Waals surface area contributed by atoms with E-state index in [1.54, 1.807) is 0 Å². The van der Waals surface area contributed by atoms with Crippen LogP contribution < -0.4 is 10.1 Å². The Bertz CT molecular complexity index is 606. The van der Waals surface area contributed by atoms with E-state index in [1.807, 2.05) is 0 Å². The molecule has 1 unspecified atom stereocenters. The van der Waals surface area contributed by atoms with E-state index in [9.17, 15) is 0 Å². The molecule has 3 rings (SSSR count). The number of ether oxygens (including phenoxy) is 1. The van der Waals surface area contributed by atoms with Crippen LogP contribution in [0.25, 0.3) is 11.1 Å². The summed E-state index contributed by atoms with van der Waals surface area (Å²) in [4.78, 5) is 0. The van der Waals surface area contributed by atoms with Gasteiger partial charge in [-0.1, -0.05) is 37.3 Å². The lowest BCUT2D eigenvalue weighted by atomic mass is 9.97. The minimum atomic E-state index is 0.303. The number of nitrogens with one attached hydrogen (secondary N) is 1. The van der Waals surface area contributed by atoms with Crippen molar-refractivity contribution in [3.05, 3.63) is 53.6 Å². The zero-order valence-electron chi connectivity index (χ0n) is 12.1. The van der Waals surface area contributed by atoms with Gasteiger partial charge in [0.15, 0.2) is 0 Å². The van der Waals surface area contributed by atoms with Crippen LogP contribution in [0.15, 0.2) is 42.5 Å². The highest BCUT2D eigenvalue weighted by molar-refractivity contribution is 5.69. The maximum atomic E-state index is 5.78. The Morgan fingerprint density at radius 2 is 2.05 bits per heavy atom. The first-order chi connectivity index (χ1) is 9.78. The minimum absolute atomic E-state index is 0.303. The van der Waals surface area contributed by atoms with Gasteiger partial charge in [-0.2, -0.15) is 0 Å². The largest absolute Gasteiger partial charge is 0.490 e. The predicted octanol–water partition coefficient (Wildman–Crippen LogP) is 3.79. The van der Waals surface area contributed by atoms with Gasteiger partial charge in [-0.25, -0.2) is 0 Å². The molecule has 0 amide bonds. The highest BCUT2D eigenvalue weighted by atomic mass is 16.5. The van der Waals surface area contributed by atoms with Crippen molar-refractivity contribution in [1.82, 2.24) is 5.32 Å². The van der Waals surface area contributed by atoms with Gasteiger partial charge >= 0.3 is 0 Å². The second kappa shape index (κ2) is 5.68. The van der Waals surface area contributed by atoms with Crippen LogP contribution in [0.2, 0.25) is 0 Å². The highest BCUT2D eigenvalue weighted by Gasteiger charge is 2.19. The van der Waals surface area contributed by atoms with Crippen molar-refractivity contribution in [3.8, 4) is 16.9 Å². The van der Waals surface area contributed by atoms with Crippen molar-refractivity contribution in [2.24, 2.45) is 0 Å². The number of rotatable bonds is 4. The van der Waals surface area contributed by atoms with E-state index in [0.717, 1.165) is 25.3 Å². The van der Waals surface area contributed by atoms with Crippen LogP contribution in [-0.4, -0.2) is 12.6 Å². The Labute approximate surface area is 120 Å². The molecule has 1 atom stereocenters. The Kier molecular flexibility index (Phi) is 3.75. The van der Waals surface area contributed by atoms with Gasteiger partial charge in [0.2, 0.25) is 0 Å². The van der Waals surface area contributed by atoms with Crippen molar-refractivity contribution in [1.29, 1.82) is 0 Å². The van der Waals surface area contributed by atoms with Crippen LogP contribution >= 0.6 is 0 Å². The zero-order valence-corrected chi connectivity index (χ0v) is 12.1. The third-order valence-electron chi connectivity index (χ3n) is 3.79. The molecule has 0 fully saturated rings. The average molecular weight is 267 g/mol. The quantitative estimate of drug-likeness (QED) is 0.910. The summed E-state index contributed by atoms with van der Waals surface area (Å²) < 4.78 is 5.78. The molecule has 0 saturated carbocycles. The molecular formula is C18H21NO. The molecule has 1 heterocycles. The van der Waals surface area contributed by atoms with Crippen LogP contribution in [-0.2, 0) is 13.0 Å². The fourth-order valence-electron chi connectivity index (χ4n) is 2.81. The number of benzene rings is 2. The fraction of sp³-hybridized carbons (Fsp3) is 0.333. The van der Waals surface area contributed by atoms with Gasteiger partial charge < -0.3 is 10.1 Å². The first kappa shape index (κ1) is 13.2. The van der Waals surface area contributed by atoms with Crippen molar-refractivity contribution >= 4 is 0 Å². The third-order valence-corrected chi connectivity index (χ3v) is 3.79. The second-order valence-corrected chi connectivity index (χ2v) is 5.39. The van der Waals surface area contributed by atoms with Gasteiger partial charge in [-0.05, 0) is 47.9 Å². The summed E-state index contributed by atoms with van der Waals surface area (Å²) in [6.07, 6.45) is 1.32. The smallest absolute Gasteiger partial charge is 0.123 e. The molecular weight excluding hydrogens is 246 g/mol. The molecule has 20 heavy (non-hydrogen) atoms. The predicted molar refractivity (Wildman–Crippen MR) is 83.1 cm³/mol. The van der Waals surface area contributed by atoms with E-state index in [0.29, 0.717) is 6.10 Å². The standard InChI is InChI=1S/C18H21NO/c1-3-19-12-15-6-4-5-7-17(15)14-8-9-18-16(11-14)10-13(2)20-18/h4-9,11,13,19H,3,10,12H2,1-2H3. The average Bonchev–Trinajstić information content (AvgIpc) is 2.84. The van der Waals surface area contributed by atoms with Crippen molar-refractivity contribution in [2.45, 2.75) is 32.9 Å². The summed E-state index contributed by atoms with van der Waals surface area (Å²) in [6.45, 7) is 6.16. The number of hydrogen-bond donors (Lipinski definition) is 1. The lowest BCUT2D eigenvalue weighted by Crippen LogP contribution is -2.12. The normalized spacial score (nSPS) is 16.8. The Hall–Kier alpha value is -1.80. The van der Waals surface area contributed by atoms with E-state index in [2.05, 4.69) is 61.6 Å². The fourth-order valence-corrected chi connectivity index (χ4v) is 2.81. The van der Waals surface area contributed by atoms with Crippen LogP contribution in [0.1, 0.15) is 25.0 Å². The van der Waals surface area contributed by atoms with E-state index >= 15 is 0 Å². The summed E-state index contributed by atoms with van der Waals surface area (Å²) in [5, 5.41) is 3.41. The molecule has 0 saturated heterocycles. The summed E-state index contributed by atoms with van der Waals surface area (Å²) >= 11 is 0. The summed E-state index contributed by atoms with van der Waals surface area (Å²) in [5.74, 6) is 1.05. The molecule has 2 aromatic carbocycles. The van der Waals surface area contributed by atoms with Gasteiger partial charge in [-0.3, -0.25) is 0 Å². The van der Waals surface area contributed by atoms with Crippen LogP contribution in [0, 0.1) is 0 Å². The molecule has 104 valence electrons. The van der Waals surface area contributed by atoms with Gasteiger partial charge in [0.1, 0.15) is 11.9 Å². The lowest BCUT2D eigenvalue weighted by Gasteiger charge is -2.11. The van der Waals surface area contributed by atoms with Crippen molar-refractivity contribution in [3.63, 3.8) is 0 Å². The second-order valence-electron chi connectivity index (χ2n) is 5.39. The molecule has 1 aliphatic heterocycles. The van der Waals surface area contributed by atoms with Crippen LogP contribution in [0.4, 0.5) is 0 Å². The molecule has 0 radical (unpaired) electrons. The number of fused-ring (bicyclic) bond motifs is 1. The van der Waals surface area contributed by atoms with E-state index in [1.165, 1.54) is 22.3 Å². The van der Waals surface area contributed by atoms with Gasteiger partial charge in [0.05, 0.1) is 0 Å². The molecule has 0 bridgehead atoms. The molecule has 0 aromatic heterocycles. The molecule has 2 heteroatoms. The van der Waals surface area contributed by atoms with Crippen molar-refractivity contribution < 1.29 is 4.74 Å². The topological polar surface area (TPSA) is 21.3 Å². The Morgan fingerprint density at radius 3 is 2.90 bits per heavy atom. The molecule has 1 N–H and O–H groups in total. The van der Waals surface area contributed by atoms with E-state index in [4.69, 9.17) is 4.74 Å². The van der Waals surface area contributed by atoms with E-state index in [-0.39, 0.29) is 0 Å². The Morgan fingerprint density at radius 1 is 1.20 bits per heavy atom. The van der Waals surface area contributed by atoms with Gasteiger partial charge in [0, 0.05) is 13.0 Å². The number of hydrogen-bond acceptors (Lipinski definition) is 2.